The molecule has 10 heteroatoms. The summed E-state index contributed by atoms with van der Waals surface area (Å²) in [5.41, 5.74) is 5.19. The highest BCUT2D eigenvalue weighted by atomic mass is 35.5. The Balaban J connectivity index is 1.38. The van der Waals surface area contributed by atoms with Crippen LogP contribution in [0.25, 0.3) is 0 Å². The van der Waals surface area contributed by atoms with Crippen LogP contribution < -0.4 is 15.6 Å². The number of halogens is 1. The van der Waals surface area contributed by atoms with Crippen molar-refractivity contribution < 1.29 is 22.8 Å². The number of rotatable bonds is 5. The molecule has 4 rings (SSSR count). The highest BCUT2D eigenvalue weighted by Gasteiger charge is 2.41. The van der Waals surface area contributed by atoms with Gasteiger partial charge >= 0.3 is 0 Å². The van der Waals surface area contributed by atoms with Crippen molar-refractivity contribution in [2.75, 3.05) is 4.72 Å². The van der Waals surface area contributed by atoms with Gasteiger partial charge in [0.05, 0.1) is 4.90 Å². The Bertz CT molecular complexity index is 1170. The normalized spacial score (nSPS) is 22.3. The quantitative estimate of drug-likeness (QED) is 0.556. The number of fused-ring (bicyclic) bond motifs is 2. The minimum Gasteiger partial charge on any atom is -0.299 e. The van der Waals surface area contributed by atoms with Crippen molar-refractivity contribution in [3.63, 3.8) is 0 Å². The summed E-state index contributed by atoms with van der Waals surface area (Å²) in [7, 11) is -3.94. The van der Waals surface area contributed by atoms with E-state index in [4.69, 9.17) is 11.6 Å². The summed E-state index contributed by atoms with van der Waals surface area (Å²) in [6, 6.07) is 11.7. The number of carbonyl (C=O) groups excluding carboxylic acids is 3. The molecule has 0 spiro atoms. The fraction of sp³-hybridized carbons (Fsp3) is 0.348. The average molecular weight is 490 g/mol. The highest BCUT2D eigenvalue weighted by molar-refractivity contribution is 7.92. The predicted molar refractivity (Wildman–Crippen MR) is 123 cm³/mol. The maximum absolute atomic E-state index is 12.7. The first kappa shape index (κ1) is 23.3. The molecule has 2 fully saturated rings. The van der Waals surface area contributed by atoms with Gasteiger partial charge in [-0.3, -0.25) is 30.0 Å². The third-order valence-corrected chi connectivity index (χ3v) is 7.85. The lowest BCUT2D eigenvalue weighted by atomic mass is 9.67. The van der Waals surface area contributed by atoms with Gasteiger partial charge < -0.3 is 0 Å². The van der Waals surface area contributed by atoms with Gasteiger partial charge in [-0.25, -0.2) is 8.42 Å². The van der Waals surface area contributed by atoms with E-state index in [-0.39, 0.29) is 39.9 Å². The van der Waals surface area contributed by atoms with E-state index in [9.17, 15) is 22.8 Å². The lowest BCUT2D eigenvalue weighted by Crippen LogP contribution is -2.48. The summed E-state index contributed by atoms with van der Waals surface area (Å²) in [5, 5.41) is 0.474. The van der Waals surface area contributed by atoms with Crippen molar-refractivity contribution in [3.8, 4) is 0 Å². The molecule has 0 aromatic heterocycles. The molecule has 2 bridgehead atoms. The van der Waals surface area contributed by atoms with Gasteiger partial charge in [-0.05, 0) is 68.1 Å². The summed E-state index contributed by atoms with van der Waals surface area (Å²) in [5.74, 6) is -1.17. The lowest BCUT2D eigenvalue weighted by molar-refractivity contribution is -0.138. The van der Waals surface area contributed by atoms with Crippen molar-refractivity contribution in [1.29, 1.82) is 0 Å². The van der Waals surface area contributed by atoms with Gasteiger partial charge in [0.25, 0.3) is 15.9 Å². The first-order valence-electron chi connectivity index (χ1n) is 10.8. The first-order chi connectivity index (χ1) is 15.7. The van der Waals surface area contributed by atoms with Crippen molar-refractivity contribution >= 4 is 44.9 Å². The van der Waals surface area contributed by atoms with Crippen LogP contribution in [-0.2, 0) is 19.6 Å². The van der Waals surface area contributed by atoms with Crippen LogP contribution in [0.2, 0.25) is 5.02 Å². The number of Topliss-reactive ketones (excluding diaryl/α,β-unsaturated/α-hetero) is 1. The number of nitrogens with one attached hydrogen (secondary N) is 3. The number of sulfonamides is 1. The molecule has 33 heavy (non-hydrogen) atoms. The van der Waals surface area contributed by atoms with E-state index in [1.54, 1.807) is 12.1 Å². The van der Waals surface area contributed by atoms with E-state index in [1.165, 1.54) is 36.4 Å². The molecule has 8 nitrogen and oxygen atoms in total. The first-order valence-corrected chi connectivity index (χ1v) is 12.6. The number of carbonyl (C=O) groups is 3. The molecule has 2 aliphatic carbocycles. The third-order valence-electron chi connectivity index (χ3n) is 6.22. The second-order valence-electron chi connectivity index (χ2n) is 8.48. The lowest BCUT2D eigenvalue weighted by Gasteiger charge is -2.36. The number of hydrogen-bond donors (Lipinski definition) is 3. The van der Waals surface area contributed by atoms with Gasteiger partial charge in [-0.2, -0.15) is 0 Å². The van der Waals surface area contributed by atoms with Crippen molar-refractivity contribution in [2.45, 2.75) is 37.0 Å². The maximum atomic E-state index is 12.7. The summed E-state index contributed by atoms with van der Waals surface area (Å²) >= 11 is 5.82. The predicted octanol–water partition coefficient (Wildman–Crippen LogP) is 3.30. The smallest absolute Gasteiger partial charge is 0.269 e. The number of hydrazine groups is 1. The van der Waals surface area contributed by atoms with Gasteiger partial charge in [0.15, 0.2) is 0 Å². The molecule has 0 saturated heterocycles. The Morgan fingerprint density at radius 3 is 2.27 bits per heavy atom. The number of hydrogen-bond acceptors (Lipinski definition) is 5. The minimum absolute atomic E-state index is 0.0704. The fourth-order valence-corrected chi connectivity index (χ4v) is 5.75. The SMILES string of the molecule is O=C(NNC(=O)C1CC2CCCC(C1)C2=O)c1cccc(S(=O)(=O)Nc2ccc(Cl)cc2)c1. The Morgan fingerprint density at radius 1 is 0.939 bits per heavy atom. The second kappa shape index (κ2) is 9.52. The van der Waals surface area contributed by atoms with Gasteiger partial charge in [-0.1, -0.05) is 24.1 Å². The molecule has 174 valence electrons. The zero-order chi connectivity index (χ0) is 23.6. The Hall–Kier alpha value is -2.91. The molecule has 0 aliphatic heterocycles. The molecule has 2 amide bonds. The largest absolute Gasteiger partial charge is 0.299 e. The molecule has 0 heterocycles. The number of anilines is 1. The van der Waals surface area contributed by atoms with Gasteiger partial charge in [0.1, 0.15) is 5.78 Å². The van der Waals surface area contributed by atoms with E-state index in [1.807, 2.05) is 0 Å². The number of benzene rings is 2. The molecule has 2 atom stereocenters. The average Bonchev–Trinajstić information content (AvgIpc) is 2.78. The molecule has 2 aliphatic rings. The van der Waals surface area contributed by atoms with Crippen LogP contribution in [0.1, 0.15) is 42.5 Å². The summed E-state index contributed by atoms with van der Waals surface area (Å²) in [6.07, 6.45) is 3.65. The molecule has 2 saturated carbocycles. The molecule has 2 aromatic rings. The van der Waals surface area contributed by atoms with E-state index < -0.39 is 15.9 Å². The Kier molecular flexibility index (Phi) is 6.71. The van der Waals surface area contributed by atoms with Crippen LogP contribution >= 0.6 is 11.6 Å². The molecule has 2 aromatic carbocycles. The molecule has 3 N–H and O–H groups in total. The zero-order valence-electron chi connectivity index (χ0n) is 17.7. The number of amides is 2. The molecule has 0 radical (unpaired) electrons. The van der Waals surface area contributed by atoms with Crippen molar-refractivity contribution in [1.82, 2.24) is 10.9 Å². The Morgan fingerprint density at radius 2 is 1.61 bits per heavy atom. The fourth-order valence-electron chi connectivity index (χ4n) is 4.52. The van der Waals surface area contributed by atoms with Crippen LogP contribution in [0.15, 0.2) is 53.4 Å². The highest BCUT2D eigenvalue weighted by Crippen LogP contribution is 2.40. The Labute approximate surface area is 197 Å². The minimum atomic E-state index is -3.94. The van der Waals surface area contributed by atoms with Crippen molar-refractivity contribution in [2.24, 2.45) is 17.8 Å². The number of ketones is 1. The molecular weight excluding hydrogens is 466 g/mol. The standard InChI is InChI=1S/C23H24ClN3O5S/c24-18-7-9-19(10-8-18)27-33(31,32)20-6-2-5-16(13-20)22(29)25-26-23(30)17-11-14-3-1-4-15(12-17)21(14)28/h2,5-10,13-15,17,27H,1,3-4,11-12H2,(H,25,29)(H,26,30). The van der Waals surface area contributed by atoms with Gasteiger partial charge in [-0.15, -0.1) is 0 Å². The van der Waals surface area contributed by atoms with Crippen LogP contribution in [0, 0.1) is 17.8 Å². The van der Waals surface area contributed by atoms with Crippen LogP contribution in [0.5, 0.6) is 0 Å². The second-order valence-corrected chi connectivity index (χ2v) is 10.6. The van der Waals surface area contributed by atoms with E-state index in [0.717, 1.165) is 19.3 Å². The van der Waals surface area contributed by atoms with Crippen LogP contribution in [0.4, 0.5) is 5.69 Å². The van der Waals surface area contributed by atoms with Crippen LogP contribution in [0.3, 0.4) is 0 Å². The van der Waals surface area contributed by atoms with Gasteiger partial charge in [0.2, 0.25) is 5.91 Å². The summed E-state index contributed by atoms with van der Waals surface area (Å²) in [6.45, 7) is 0. The monoisotopic (exact) mass is 489 g/mol. The summed E-state index contributed by atoms with van der Waals surface area (Å²) < 4.78 is 27.8. The topological polar surface area (TPSA) is 121 Å². The van der Waals surface area contributed by atoms with Gasteiger partial charge in [0, 0.05) is 34.0 Å². The zero-order valence-corrected chi connectivity index (χ0v) is 19.3. The maximum Gasteiger partial charge on any atom is 0.269 e. The van der Waals surface area contributed by atoms with E-state index in [0.29, 0.717) is 23.6 Å². The summed E-state index contributed by atoms with van der Waals surface area (Å²) in [4.78, 5) is 37.2. The van der Waals surface area contributed by atoms with E-state index >= 15 is 0 Å². The molecular formula is C23H24ClN3O5S. The van der Waals surface area contributed by atoms with Crippen molar-refractivity contribution in [3.05, 3.63) is 59.1 Å². The van der Waals surface area contributed by atoms with E-state index in [2.05, 4.69) is 15.6 Å². The third kappa shape index (κ3) is 5.36. The molecule has 2 unspecified atom stereocenters. The van der Waals surface area contributed by atoms with Crippen LogP contribution in [-0.4, -0.2) is 26.0 Å².